The summed E-state index contributed by atoms with van der Waals surface area (Å²) in [6, 6.07) is 8.15. The molecule has 1 aromatic carbocycles. The Bertz CT molecular complexity index is 421. The van der Waals surface area contributed by atoms with E-state index in [0.29, 0.717) is 12.3 Å². The maximum atomic E-state index is 11.7. The first-order valence-electron chi connectivity index (χ1n) is 6.72. The van der Waals surface area contributed by atoms with Crippen molar-refractivity contribution >= 4 is 5.97 Å². The van der Waals surface area contributed by atoms with Gasteiger partial charge in [-0.25, -0.2) is 0 Å². The molecule has 0 radical (unpaired) electrons. The zero-order chi connectivity index (χ0) is 14.6. The number of ether oxygens (including phenoxy) is 1. The highest BCUT2D eigenvalue weighted by Gasteiger charge is 2.31. The summed E-state index contributed by atoms with van der Waals surface area (Å²) < 4.78 is 4.81. The van der Waals surface area contributed by atoms with Gasteiger partial charge in [0.25, 0.3) is 0 Å². The van der Waals surface area contributed by atoms with Gasteiger partial charge in [-0.1, -0.05) is 38.1 Å². The summed E-state index contributed by atoms with van der Waals surface area (Å²) >= 11 is 0. The summed E-state index contributed by atoms with van der Waals surface area (Å²) in [7, 11) is 1.41. The molecule has 106 valence electrons. The minimum atomic E-state index is -0.565. The van der Waals surface area contributed by atoms with E-state index < -0.39 is 5.41 Å². The van der Waals surface area contributed by atoms with E-state index in [-0.39, 0.29) is 12.0 Å². The van der Waals surface area contributed by atoms with Crippen LogP contribution in [0.25, 0.3) is 0 Å². The van der Waals surface area contributed by atoms with Gasteiger partial charge in [0.05, 0.1) is 12.5 Å². The molecule has 0 aromatic heterocycles. The molecule has 0 aliphatic heterocycles. The first-order chi connectivity index (χ1) is 8.77. The zero-order valence-corrected chi connectivity index (χ0v) is 12.6. The number of nitrogens with two attached hydrogens (primary N) is 1. The largest absolute Gasteiger partial charge is 0.469 e. The molecule has 1 rings (SSSR count). The lowest BCUT2D eigenvalue weighted by atomic mass is 9.83. The van der Waals surface area contributed by atoms with Crippen molar-refractivity contribution in [3.8, 4) is 0 Å². The van der Waals surface area contributed by atoms with Gasteiger partial charge in [-0.2, -0.15) is 0 Å². The minimum Gasteiger partial charge on any atom is -0.469 e. The summed E-state index contributed by atoms with van der Waals surface area (Å²) in [5, 5.41) is 0. The Morgan fingerprint density at radius 2 is 1.68 bits per heavy atom. The van der Waals surface area contributed by atoms with Crippen LogP contribution in [-0.4, -0.2) is 13.1 Å². The fourth-order valence-corrected chi connectivity index (χ4v) is 2.16. The predicted molar refractivity (Wildman–Crippen MR) is 77.9 cm³/mol. The molecular weight excluding hydrogens is 238 g/mol. The van der Waals surface area contributed by atoms with Crippen LogP contribution in [0.15, 0.2) is 24.3 Å². The molecule has 3 heteroatoms. The van der Waals surface area contributed by atoms with E-state index in [4.69, 9.17) is 10.5 Å². The van der Waals surface area contributed by atoms with Gasteiger partial charge in [0, 0.05) is 6.04 Å². The quantitative estimate of drug-likeness (QED) is 0.828. The lowest BCUT2D eigenvalue weighted by molar-refractivity contribution is -0.151. The third-order valence-corrected chi connectivity index (χ3v) is 3.50. The van der Waals surface area contributed by atoms with E-state index in [2.05, 4.69) is 26.0 Å². The van der Waals surface area contributed by atoms with Crippen molar-refractivity contribution in [2.45, 2.75) is 46.1 Å². The second-order valence-corrected chi connectivity index (χ2v) is 6.01. The van der Waals surface area contributed by atoms with Gasteiger partial charge in [0.15, 0.2) is 0 Å². The molecule has 1 aromatic rings. The van der Waals surface area contributed by atoms with Crippen molar-refractivity contribution in [1.82, 2.24) is 0 Å². The summed E-state index contributed by atoms with van der Waals surface area (Å²) in [5.74, 6) is 0.290. The number of carbonyl (C=O) groups is 1. The molecule has 0 saturated heterocycles. The van der Waals surface area contributed by atoms with Crippen molar-refractivity contribution in [2.24, 2.45) is 11.1 Å². The Kier molecular flexibility index (Phi) is 5.12. The number of esters is 1. The Labute approximate surface area is 116 Å². The van der Waals surface area contributed by atoms with Crippen LogP contribution in [0.1, 0.15) is 57.2 Å². The Morgan fingerprint density at radius 3 is 2.11 bits per heavy atom. The fourth-order valence-electron chi connectivity index (χ4n) is 2.16. The molecular formula is C16H25NO2. The molecule has 3 nitrogen and oxygen atoms in total. The smallest absolute Gasteiger partial charge is 0.311 e. The summed E-state index contributed by atoms with van der Waals surface area (Å²) in [6.07, 6.45) is 0.570. The summed E-state index contributed by atoms with van der Waals surface area (Å²) in [5.41, 5.74) is 7.98. The second-order valence-electron chi connectivity index (χ2n) is 6.01. The molecule has 2 N–H and O–H groups in total. The molecule has 0 fully saturated rings. The van der Waals surface area contributed by atoms with Gasteiger partial charge in [-0.15, -0.1) is 0 Å². The SMILES string of the molecule is COC(=O)C(C)(C)CC(N)c1ccc(C(C)C)cc1. The average molecular weight is 263 g/mol. The number of methoxy groups -OCH3 is 1. The first-order valence-corrected chi connectivity index (χ1v) is 6.72. The van der Waals surface area contributed by atoms with Gasteiger partial charge in [-0.05, 0) is 37.3 Å². The van der Waals surface area contributed by atoms with Crippen LogP contribution in [0.3, 0.4) is 0 Å². The van der Waals surface area contributed by atoms with Crippen molar-refractivity contribution in [3.63, 3.8) is 0 Å². The molecule has 1 unspecified atom stereocenters. The van der Waals surface area contributed by atoms with Crippen LogP contribution in [0.2, 0.25) is 0 Å². The monoisotopic (exact) mass is 263 g/mol. The number of rotatable bonds is 5. The van der Waals surface area contributed by atoms with Gasteiger partial charge < -0.3 is 10.5 Å². The van der Waals surface area contributed by atoms with E-state index in [1.54, 1.807) is 0 Å². The Hall–Kier alpha value is -1.35. The fraction of sp³-hybridized carbons (Fsp3) is 0.562. The number of hydrogen-bond acceptors (Lipinski definition) is 3. The third kappa shape index (κ3) is 4.06. The molecule has 0 saturated carbocycles. The molecule has 0 amide bonds. The van der Waals surface area contributed by atoms with Gasteiger partial charge in [0.2, 0.25) is 0 Å². The molecule has 0 heterocycles. The van der Waals surface area contributed by atoms with Gasteiger partial charge in [-0.3, -0.25) is 4.79 Å². The molecule has 0 spiro atoms. The zero-order valence-electron chi connectivity index (χ0n) is 12.6. The van der Waals surface area contributed by atoms with Crippen LogP contribution in [-0.2, 0) is 9.53 Å². The normalized spacial score (nSPS) is 13.4. The first kappa shape index (κ1) is 15.7. The van der Waals surface area contributed by atoms with E-state index in [0.717, 1.165) is 5.56 Å². The highest BCUT2D eigenvalue weighted by molar-refractivity contribution is 5.75. The summed E-state index contributed by atoms with van der Waals surface area (Å²) in [4.78, 5) is 11.7. The lowest BCUT2D eigenvalue weighted by Gasteiger charge is -2.25. The number of carbonyl (C=O) groups excluding carboxylic acids is 1. The second kappa shape index (κ2) is 6.20. The van der Waals surface area contributed by atoms with Crippen LogP contribution in [0, 0.1) is 5.41 Å². The highest BCUT2D eigenvalue weighted by atomic mass is 16.5. The van der Waals surface area contributed by atoms with E-state index in [1.165, 1.54) is 12.7 Å². The van der Waals surface area contributed by atoms with Gasteiger partial charge >= 0.3 is 5.97 Å². The molecule has 0 aliphatic rings. The summed E-state index contributed by atoms with van der Waals surface area (Å²) in [6.45, 7) is 8.05. The highest BCUT2D eigenvalue weighted by Crippen LogP contribution is 2.30. The standard InChI is InChI=1S/C16H25NO2/c1-11(2)12-6-8-13(9-7-12)14(17)10-16(3,4)15(18)19-5/h6-9,11,14H,10,17H2,1-5H3. The molecule has 19 heavy (non-hydrogen) atoms. The number of benzene rings is 1. The Morgan fingerprint density at radius 1 is 1.21 bits per heavy atom. The van der Waals surface area contributed by atoms with E-state index in [9.17, 15) is 4.79 Å². The molecule has 0 bridgehead atoms. The van der Waals surface area contributed by atoms with E-state index in [1.807, 2.05) is 26.0 Å². The van der Waals surface area contributed by atoms with Crippen molar-refractivity contribution in [3.05, 3.63) is 35.4 Å². The molecule has 0 aliphatic carbocycles. The lowest BCUT2D eigenvalue weighted by Crippen LogP contribution is -2.30. The van der Waals surface area contributed by atoms with Crippen molar-refractivity contribution in [1.29, 1.82) is 0 Å². The maximum Gasteiger partial charge on any atom is 0.311 e. The van der Waals surface area contributed by atoms with Crippen molar-refractivity contribution in [2.75, 3.05) is 7.11 Å². The minimum absolute atomic E-state index is 0.157. The van der Waals surface area contributed by atoms with Gasteiger partial charge in [0.1, 0.15) is 0 Å². The topological polar surface area (TPSA) is 52.3 Å². The third-order valence-electron chi connectivity index (χ3n) is 3.50. The average Bonchev–Trinajstić information content (AvgIpc) is 2.37. The van der Waals surface area contributed by atoms with Crippen LogP contribution in [0.5, 0.6) is 0 Å². The van der Waals surface area contributed by atoms with E-state index >= 15 is 0 Å². The van der Waals surface area contributed by atoms with Crippen molar-refractivity contribution < 1.29 is 9.53 Å². The Balaban J connectivity index is 2.78. The molecule has 1 atom stereocenters. The predicted octanol–water partition coefficient (Wildman–Crippen LogP) is 3.40. The van der Waals surface area contributed by atoms with Crippen LogP contribution < -0.4 is 5.73 Å². The van der Waals surface area contributed by atoms with Crippen LogP contribution in [0.4, 0.5) is 0 Å². The van der Waals surface area contributed by atoms with Crippen LogP contribution >= 0.6 is 0 Å². The maximum absolute atomic E-state index is 11.7. The number of hydrogen-bond donors (Lipinski definition) is 1.